The van der Waals surface area contributed by atoms with E-state index in [1.807, 2.05) is 12.1 Å². The van der Waals surface area contributed by atoms with Crippen LogP contribution in [0.3, 0.4) is 0 Å². The van der Waals surface area contributed by atoms with Crippen molar-refractivity contribution in [2.24, 2.45) is 0 Å². The van der Waals surface area contributed by atoms with Crippen molar-refractivity contribution in [1.82, 2.24) is 0 Å². The van der Waals surface area contributed by atoms with Crippen molar-refractivity contribution in [3.63, 3.8) is 0 Å². The van der Waals surface area contributed by atoms with Crippen molar-refractivity contribution in [2.45, 2.75) is 31.1 Å². The highest BCUT2D eigenvalue weighted by Gasteiger charge is 2.15. The van der Waals surface area contributed by atoms with Gasteiger partial charge in [0.1, 0.15) is 10.9 Å². The molecule has 0 fully saturated rings. The van der Waals surface area contributed by atoms with Crippen molar-refractivity contribution >= 4 is 10.9 Å². The monoisotopic (exact) mass is 216 g/mol. The van der Waals surface area contributed by atoms with Crippen LogP contribution in [0.5, 0.6) is 0 Å². The molecule has 0 bridgehead atoms. The Morgan fingerprint density at radius 3 is 2.00 bits per heavy atom. The van der Waals surface area contributed by atoms with Gasteiger partial charge in [0.25, 0.3) is 0 Å². The molecule has 4 heteroatoms. The van der Waals surface area contributed by atoms with Crippen LogP contribution in [0, 0.1) is 0 Å². The Kier molecular flexibility index (Phi) is 3.55. The van der Waals surface area contributed by atoms with Gasteiger partial charge in [0.15, 0.2) is 0 Å². The first-order valence-corrected chi connectivity index (χ1v) is 6.06. The van der Waals surface area contributed by atoms with E-state index in [2.05, 4.69) is 13.8 Å². The molecular weight excluding hydrogens is 200 g/mol. The smallest absolute Gasteiger partial charge is 0.112 e. The molecule has 0 spiro atoms. The van der Waals surface area contributed by atoms with Crippen LogP contribution in [0.2, 0.25) is 0 Å². The van der Waals surface area contributed by atoms with E-state index in [1.54, 1.807) is 12.1 Å². The maximum Gasteiger partial charge on any atom is 0.112 e. The average Bonchev–Trinajstić information content (AvgIpc) is 2.15. The molecule has 0 aliphatic carbocycles. The fourth-order valence-corrected chi connectivity index (χ4v) is 1.72. The quantitative estimate of drug-likeness (QED) is 0.720. The first-order chi connectivity index (χ1) is 6.45. The molecular formula is C10H16O3S. The van der Waals surface area contributed by atoms with Crippen LogP contribution in [0.4, 0.5) is 0 Å². The Labute approximate surface area is 86.0 Å². The Bertz CT molecular complexity index is 289. The molecule has 3 nitrogen and oxygen atoms in total. The molecule has 0 aliphatic rings. The van der Waals surface area contributed by atoms with Crippen LogP contribution in [0.15, 0.2) is 29.2 Å². The summed E-state index contributed by atoms with van der Waals surface area (Å²) in [6.07, 6.45) is 1.04. The molecule has 0 aliphatic heterocycles. The van der Waals surface area contributed by atoms with E-state index in [0.717, 1.165) is 12.0 Å². The topological polar surface area (TPSA) is 60.7 Å². The van der Waals surface area contributed by atoms with Crippen LogP contribution >= 0.6 is 10.9 Å². The zero-order chi connectivity index (χ0) is 10.8. The minimum Gasteiger partial charge on any atom is -0.304 e. The molecule has 1 atom stereocenters. The average molecular weight is 216 g/mol. The number of rotatable bonds is 3. The second-order valence-corrected chi connectivity index (χ2v) is 4.91. The lowest BCUT2D eigenvalue weighted by Crippen LogP contribution is -1.97. The first-order valence-electron chi connectivity index (χ1n) is 4.55. The summed E-state index contributed by atoms with van der Waals surface area (Å²) in [4.78, 5) is 0.171. The lowest BCUT2D eigenvalue weighted by molar-refractivity contribution is 0.376. The molecule has 1 unspecified atom stereocenters. The highest BCUT2D eigenvalue weighted by atomic mass is 32.3. The Hall–Kier alpha value is -0.550. The summed E-state index contributed by atoms with van der Waals surface area (Å²) in [6, 6.07) is 6.73. The van der Waals surface area contributed by atoms with Crippen LogP contribution in [0.1, 0.15) is 31.7 Å². The molecule has 1 aromatic carbocycles. The van der Waals surface area contributed by atoms with E-state index < -0.39 is 10.9 Å². The molecule has 1 aromatic rings. The zero-order valence-electron chi connectivity index (χ0n) is 8.34. The number of hydrogen-bond acceptors (Lipinski definition) is 3. The molecule has 0 aromatic heterocycles. The van der Waals surface area contributed by atoms with E-state index in [4.69, 9.17) is 13.7 Å². The minimum atomic E-state index is -3.55. The van der Waals surface area contributed by atoms with E-state index in [-0.39, 0.29) is 4.90 Å². The molecule has 0 saturated heterocycles. The van der Waals surface area contributed by atoms with Gasteiger partial charge in [-0.15, -0.1) is 0 Å². The van der Waals surface area contributed by atoms with E-state index in [9.17, 15) is 0 Å². The Balaban J connectivity index is 2.89. The highest BCUT2D eigenvalue weighted by molar-refractivity contribution is 8.19. The van der Waals surface area contributed by atoms with Gasteiger partial charge < -0.3 is 13.7 Å². The molecule has 0 amide bonds. The maximum atomic E-state index is 8.97. The Morgan fingerprint density at radius 2 is 1.64 bits per heavy atom. The third-order valence-corrected chi connectivity index (χ3v) is 3.28. The maximum absolute atomic E-state index is 8.97. The van der Waals surface area contributed by atoms with Gasteiger partial charge in [0, 0.05) is 0 Å². The third kappa shape index (κ3) is 2.72. The van der Waals surface area contributed by atoms with Crippen molar-refractivity contribution < 1.29 is 13.7 Å². The second-order valence-electron chi connectivity index (χ2n) is 3.40. The van der Waals surface area contributed by atoms with Crippen molar-refractivity contribution in [2.75, 3.05) is 0 Å². The fourth-order valence-electron chi connectivity index (χ4n) is 1.21. The van der Waals surface area contributed by atoms with Gasteiger partial charge in [-0.2, -0.15) is 0 Å². The summed E-state index contributed by atoms with van der Waals surface area (Å²) in [5.74, 6) is 0.449. The SMILES string of the molecule is CCC(C)c1ccc(S(O)(O)O)cc1. The summed E-state index contributed by atoms with van der Waals surface area (Å²) >= 11 is 0. The summed E-state index contributed by atoms with van der Waals surface area (Å²) in [7, 11) is -3.55. The Morgan fingerprint density at radius 1 is 1.14 bits per heavy atom. The molecule has 80 valence electrons. The van der Waals surface area contributed by atoms with Gasteiger partial charge >= 0.3 is 0 Å². The molecule has 3 N–H and O–H groups in total. The molecule has 0 heterocycles. The summed E-state index contributed by atoms with van der Waals surface area (Å²) in [6.45, 7) is 4.20. The van der Waals surface area contributed by atoms with E-state index in [1.165, 1.54) is 0 Å². The summed E-state index contributed by atoms with van der Waals surface area (Å²) in [5.41, 5.74) is 1.14. The molecule has 0 radical (unpaired) electrons. The molecule has 14 heavy (non-hydrogen) atoms. The van der Waals surface area contributed by atoms with Crippen LogP contribution in [0.25, 0.3) is 0 Å². The van der Waals surface area contributed by atoms with Gasteiger partial charge in [-0.25, -0.2) is 0 Å². The summed E-state index contributed by atoms with van der Waals surface area (Å²) in [5, 5.41) is 0. The van der Waals surface area contributed by atoms with Crippen LogP contribution < -0.4 is 0 Å². The van der Waals surface area contributed by atoms with Gasteiger partial charge in [-0.1, -0.05) is 26.0 Å². The number of benzene rings is 1. The summed E-state index contributed by atoms with van der Waals surface area (Å²) < 4.78 is 26.9. The van der Waals surface area contributed by atoms with Gasteiger partial charge in [-0.3, -0.25) is 0 Å². The minimum absolute atomic E-state index is 0.171. The molecule has 0 saturated carbocycles. The lowest BCUT2D eigenvalue weighted by Gasteiger charge is -2.19. The largest absolute Gasteiger partial charge is 0.304 e. The van der Waals surface area contributed by atoms with Gasteiger partial charge in [0.2, 0.25) is 0 Å². The molecule has 1 rings (SSSR count). The van der Waals surface area contributed by atoms with Crippen LogP contribution in [-0.4, -0.2) is 13.7 Å². The van der Waals surface area contributed by atoms with Crippen molar-refractivity contribution in [3.8, 4) is 0 Å². The van der Waals surface area contributed by atoms with Gasteiger partial charge in [0.05, 0.1) is 4.90 Å². The van der Waals surface area contributed by atoms with Crippen molar-refractivity contribution in [3.05, 3.63) is 29.8 Å². The third-order valence-electron chi connectivity index (χ3n) is 2.38. The normalized spacial score (nSPS) is 15.2. The van der Waals surface area contributed by atoms with Gasteiger partial charge in [-0.05, 0) is 30.0 Å². The van der Waals surface area contributed by atoms with E-state index >= 15 is 0 Å². The fraction of sp³-hybridized carbons (Fsp3) is 0.400. The number of hydrogen-bond donors (Lipinski definition) is 3. The highest BCUT2D eigenvalue weighted by Crippen LogP contribution is 2.43. The predicted molar refractivity (Wildman–Crippen MR) is 58.9 cm³/mol. The second kappa shape index (κ2) is 4.31. The lowest BCUT2D eigenvalue weighted by atomic mass is 9.99. The van der Waals surface area contributed by atoms with Crippen LogP contribution in [-0.2, 0) is 0 Å². The van der Waals surface area contributed by atoms with E-state index in [0.29, 0.717) is 5.92 Å². The first kappa shape index (κ1) is 11.5. The predicted octanol–water partition coefficient (Wildman–Crippen LogP) is 3.78. The van der Waals surface area contributed by atoms with Crippen molar-refractivity contribution in [1.29, 1.82) is 0 Å². The zero-order valence-corrected chi connectivity index (χ0v) is 9.16. The standard InChI is InChI=1S/C10H16O3S/c1-3-8(2)9-4-6-10(7-5-9)14(11,12)13/h4-8,11-13H,3H2,1-2H3.